The average molecular weight is 412 g/mol. The van der Waals surface area contributed by atoms with E-state index in [1.165, 1.54) is 0 Å². The van der Waals surface area contributed by atoms with Crippen LogP contribution in [0.3, 0.4) is 0 Å². The number of carbonyl (C=O) groups is 2. The van der Waals surface area contributed by atoms with Gasteiger partial charge >= 0.3 is 6.03 Å². The number of aromatic nitrogens is 1. The van der Waals surface area contributed by atoms with Crippen LogP contribution in [0.2, 0.25) is 0 Å². The molecular weight excluding hydrogens is 382 g/mol. The number of hydrogen-bond acceptors (Lipinski definition) is 5. The first-order valence-electron chi connectivity index (χ1n) is 10.2. The highest BCUT2D eigenvalue weighted by Crippen LogP contribution is 2.28. The molecule has 1 fully saturated rings. The minimum atomic E-state index is -0.349. The molecular formula is C22H29N5O3. The standard InChI is InChI=1S/C22H29N5O3/c1-15-8-9-20(24-12-15)26-21(28)10-11-23-22(29)25-18-6-4-5-7-19(18)27-13-16(2)30-17(3)14-27/h4-9,12,16-17H,10-11,13-14H2,1-3H3,(H2,23,25,29)(H,24,26,28). The van der Waals surface area contributed by atoms with Gasteiger partial charge in [-0.25, -0.2) is 9.78 Å². The monoisotopic (exact) mass is 411 g/mol. The largest absolute Gasteiger partial charge is 0.372 e. The van der Waals surface area contributed by atoms with Gasteiger partial charge in [-0.1, -0.05) is 18.2 Å². The van der Waals surface area contributed by atoms with Crippen LogP contribution in [-0.2, 0) is 9.53 Å². The molecule has 0 aliphatic carbocycles. The summed E-state index contributed by atoms with van der Waals surface area (Å²) in [6, 6.07) is 11.0. The molecule has 3 amide bonds. The van der Waals surface area contributed by atoms with Crippen molar-refractivity contribution < 1.29 is 14.3 Å². The van der Waals surface area contributed by atoms with Gasteiger partial charge in [0.1, 0.15) is 5.82 Å². The number of aryl methyl sites for hydroxylation is 1. The number of nitrogens with one attached hydrogen (secondary N) is 3. The summed E-state index contributed by atoms with van der Waals surface area (Å²) in [4.78, 5) is 30.7. The van der Waals surface area contributed by atoms with E-state index < -0.39 is 0 Å². The number of ether oxygens (including phenoxy) is 1. The molecule has 1 aromatic carbocycles. The summed E-state index contributed by atoms with van der Waals surface area (Å²) < 4.78 is 5.80. The molecule has 1 saturated heterocycles. The van der Waals surface area contributed by atoms with Crippen LogP contribution in [0.5, 0.6) is 0 Å². The van der Waals surface area contributed by atoms with E-state index >= 15 is 0 Å². The van der Waals surface area contributed by atoms with Crippen molar-refractivity contribution >= 4 is 29.1 Å². The van der Waals surface area contributed by atoms with Gasteiger partial charge < -0.3 is 25.6 Å². The van der Waals surface area contributed by atoms with Crippen LogP contribution in [-0.4, -0.2) is 48.8 Å². The van der Waals surface area contributed by atoms with Crippen molar-refractivity contribution in [1.29, 1.82) is 0 Å². The van der Waals surface area contributed by atoms with Crippen molar-refractivity contribution in [2.45, 2.75) is 39.4 Å². The van der Waals surface area contributed by atoms with E-state index in [0.717, 1.165) is 30.0 Å². The maximum Gasteiger partial charge on any atom is 0.319 e. The highest BCUT2D eigenvalue weighted by Gasteiger charge is 2.24. The number of urea groups is 1. The Morgan fingerprint density at radius 2 is 1.83 bits per heavy atom. The summed E-state index contributed by atoms with van der Waals surface area (Å²) in [5.41, 5.74) is 2.70. The summed E-state index contributed by atoms with van der Waals surface area (Å²) >= 11 is 0. The van der Waals surface area contributed by atoms with Crippen LogP contribution in [0.1, 0.15) is 25.8 Å². The predicted octanol–water partition coefficient (Wildman–Crippen LogP) is 3.15. The summed E-state index contributed by atoms with van der Waals surface area (Å²) in [6.07, 6.45) is 2.09. The number of morpholine rings is 1. The second-order valence-corrected chi connectivity index (χ2v) is 7.58. The fraction of sp³-hybridized carbons (Fsp3) is 0.409. The number of hydrogen-bond donors (Lipinski definition) is 3. The normalized spacial score (nSPS) is 18.6. The summed E-state index contributed by atoms with van der Waals surface area (Å²) in [7, 11) is 0. The third kappa shape index (κ3) is 6.18. The first-order valence-corrected chi connectivity index (χ1v) is 10.2. The Balaban J connectivity index is 1.49. The predicted molar refractivity (Wildman–Crippen MR) is 118 cm³/mol. The van der Waals surface area contributed by atoms with Crippen molar-refractivity contribution in [3.8, 4) is 0 Å². The van der Waals surface area contributed by atoms with Crippen LogP contribution >= 0.6 is 0 Å². The molecule has 0 saturated carbocycles. The third-order valence-corrected chi connectivity index (χ3v) is 4.73. The zero-order valence-electron chi connectivity index (χ0n) is 17.6. The van der Waals surface area contributed by atoms with E-state index in [1.807, 2.05) is 51.1 Å². The molecule has 1 aliphatic heterocycles. The van der Waals surface area contributed by atoms with Crippen molar-refractivity contribution in [3.63, 3.8) is 0 Å². The molecule has 1 aliphatic rings. The van der Waals surface area contributed by atoms with Gasteiger partial charge in [0, 0.05) is 32.3 Å². The average Bonchev–Trinajstić information content (AvgIpc) is 2.69. The van der Waals surface area contributed by atoms with Crippen molar-refractivity contribution in [3.05, 3.63) is 48.2 Å². The second kappa shape index (κ2) is 10.1. The number of pyridine rings is 1. The van der Waals surface area contributed by atoms with Crippen molar-refractivity contribution in [1.82, 2.24) is 10.3 Å². The molecule has 2 atom stereocenters. The van der Waals surface area contributed by atoms with Crippen LogP contribution < -0.4 is 20.9 Å². The molecule has 2 aromatic rings. The number of benzene rings is 1. The van der Waals surface area contributed by atoms with Gasteiger partial charge in [-0.15, -0.1) is 0 Å². The number of amides is 3. The summed E-state index contributed by atoms with van der Waals surface area (Å²) in [5, 5.41) is 8.33. The molecule has 2 heterocycles. The van der Waals surface area contributed by atoms with Crippen molar-refractivity contribution in [2.24, 2.45) is 0 Å². The van der Waals surface area contributed by atoms with Gasteiger partial charge in [0.25, 0.3) is 0 Å². The van der Waals surface area contributed by atoms with Gasteiger partial charge in [-0.2, -0.15) is 0 Å². The molecule has 3 rings (SSSR count). The Bertz CT molecular complexity index is 861. The number of para-hydroxylation sites is 2. The third-order valence-electron chi connectivity index (χ3n) is 4.73. The van der Waals surface area contributed by atoms with E-state index in [-0.39, 0.29) is 37.1 Å². The molecule has 0 radical (unpaired) electrons. The minimum Gasteiger partial charge on any atom is -0.372 e. The van der Waals surface area contributed by atoms with Gasteiger partial charge in [-0.05, 0) is 44.5 Å². The molecule has 8 nitrogen and oxygen atoms in total. The zero-order chi connectivity index (χ0) is 21.5. The lowest BCUT2D eigenvalue weighted by molar-refractivity contribution is -0.116. The SMILES string of the molecule is Cc1ccc(NC(=O)CCNC(=O)Nc2ccccc2N2CC(C)OC(C)C2)nc1. The molecule has 3 N–H and O–H groups in total. The molecule has 160 valence electrons. The fourth-order valence-electron chi connectivity index (χ4n) is 3.43. The quantitative estimate of drug-likeness (QED) is 0.679. The Hall–Kier alpha value is -3.13. The van der Waals surface area contributed by atoms with Gasteiger partial charge in [-0.3, -0.25) is 4.79 Å². The number of carbonyl (C=O) groups excluding carboxylic acids is 2. The molecule has 8 heteroatoms. The number of nitrogens with zero attached hydrogens (tertiary/aromatic N) is 2. The molecule has 1 aromatic heterocycles. The Kier molecular flexibility index (Phi) is 7.24. The smallest absolute Gasteiger partial charge is 0.319 e. The molecule has 0 bridgehead atoms. The fourth-order valence-corrected chi connectivity index (χ4v) is 3.43. The van der Waals surface area contributed by atoms with Crippen LogP contribution in [0.4, 0.5) is 22.0 Å². The zero-order valence-corrected chi connectivity index (χ0v) is 17.6. The van der Waals surface area contributed by atoms with Crippen LogP contribution in [0.25, 0.3) is 0 Å². The first kappa shape index (κ1) is 21.6. The van der Waals surface area contributed by atoms with Gasteiger partial charge in [0.2, 0.25) is 5.91 Å². The number of anilines is 3. The lowest BCUT2D eigenvalue weighted by atomic mass is 10.1. The maximum atomic E-state index is 12.3. The highest BCUT2D eigenvalue weighted by molar-refractivity contribution is 5.94. The van der Waals surface area contributed by atoms with E-state index in [4.69, 9.17) is 4.74 Å². The lowest BCUT2D eigenvalue weighted by Crippen LogP contribution is -2.45. The van der Waals surface area contributed by atoms with E-state index in [0.29, 0.717) is 5.82 Å². The van der Waals surface area contributed by atoms with E-state index in [9.17, 15) is 9.59 Å². The first-order chi connectivity index (χ1) is 14.4. The second-order valence-electron chi connectivity index (χ2n) is 7.58. The van der Waals surface area contributed by atoms with E-state index in [1.54, 1.807) is 12.3 Å². The molecule has 30 heavy (non-hydrogen) atoms. The number of rotatable bonds is 6. The van der Waals surface area contributed by atoms with Crippen LogP contribution in [0, 0.1) is 6.92 Å². The van der Waals surface area contributed by atoms with Crippen molar-refractivity contribution in [2.75, 3.05) is 35.2 Å². The minimum absolute atomic E-state index is 0.122. The van der Waals surface area contributed by atoms with Gasteiger partial charge in [0.05, 0.1) is 23.6 Å². The van der Waals surface area contributed by atoms with Crippen LogP contribution in [0.15, 0.2) is 42.6 Å². The summed E-state index contributed by atoms with van der Waals surface area (Å²) in [6.45, 7) is 7.76. The highest BCUT2D eigenvalue weighted by atomic mass is 16.5. The Morgan fingerprint density at radius 1 is 1.10 bits per heavy atom. The Labute approximate surface area is 177 Å². The van der Waals surface area contributed by atoms with E-state index in [2.05, 4.69) is 25.8 Å². The lowest BCUT2D eigenvalue weighted by Gasteiger charge is -2.37. The molecule has 2 unspecified atom stereocenters. The Morgan fingerprint density at radius 3 is 2.53 bits per heavy atom. The maximum absolute atomic E-state index is 12.3. The summed E-state index contributed by atoms with van der Waals surface area (Å²) in [5.74, 6) is 0.293. The van der Waals surface area contributed by atoms with Gasteiger partial charge in [0.15, 0.2) is 0 Å². The molecule has 0 spiro atoms. The topological polar surface area (TPSA) is 95.6 Å².